The number of rotatable bonds is 1. The van der Waals surface area contributed by atoms with E-state index in [1.165, 1.54) is 6.07 Å². The minimum Gasteiger partial charge on any atom is -0.321 e. The van der Waals surface area contributed by atoms with Gasteiger partial charge in [0.05, 0.1) is 0 Å². The predicted octanol–water partition coefficient (Wildman–Crippen LogP) is 3.92. The maximum absolute atomic E-state index is 13.6. The summed E-state index contributed by atoms with van der Waals surface area (Å²) in [4.78, 5) is 12.0. The topological polar surface area (TPSA) is 29.1 Å². The maximum Gasteiger partial charge on any atom is 0.256 e. The first-order valence-corrected chi connectivity index (χ1v) is 6.80. The van der Waals surface area contributed by atoms with E-state index < -0.39 is 0 Å². The van der Waals surface area contributed by atoms with E-state index in [1.807, 2.05) is 18.2 Å². The third-order valence-electron chi connectivity index (χ3n) is 2.97. The Labute approximate surface area is 123 Å². The SMILES string of the molecule is O=C1Nc2ccc(I)cc2C1=Cc1ccccc1F. The van der Waals surface area contributed by atoms with Crippen LogP contribution in [-0.2, 0) is 4.79 Å². The van der Waals surface area contributed by atoms with E-state index in [-0.39, 0.29) is 11.7 Å². The highest BCUT2D eigenvalue weighted by molar-refractivity contribution is 14.1. The number of halogens is 2. The summed E-state index contributed by atoms with van der Waals surface area (Å²) in [5, 5.41) is 2.78. The first-order valence-electron chi connectivity index (χ1n) is 5.72. The standard InChI is InChI=1S/C15H9FINO/c16-13-4-2-1-3-9(13)7-12-11-8-10(17)5-6-14(11)18-15(12)19/h1-8H,(H,18,19). The van der Waals surface area contributed by atoms with Crippen molar-refractivity contribution in [3.8, 4) is 0 Å². The molecule has 0 bridgehead atoms. The minimum atomic E-state index is -0.332. The normalized spacial score (nSPS) is 15.5. The van der Waals surface area contributed by atoms with Crippen molar-refractivity contribution in [2.45, 2.75) is 0 Å². The van der Waals surface area contributed by atoms with E-state index in [4.69, 9.17) is 0 Å². The van der Waals surface area contributed by atoms with Crippen LogP contribution in [0.15, 0.2) is 42.5 Å². The van der Waals surface area contributed by atoms with Crippen LogP contribution in [0.2, 0.25) is 0 Å². The zero-order valence-corrected chi connectivity index (χ0v) is 11.9. The number of benzene rings is 2. The second-order valence-corrected chi connectivity index (χ2v) is 5.47. The van der Waals surface area contributed by atoms with Crippen molar-refractivity contribution in [1.29, 1.82) is 0 Å². The highest BCUT2D eigenvalue weighted by Gasteiger charge is 2.24. The van der Waals surface area contributed by atoms with Crippen molar-refractivity contribution in [3.05, 3.63) is 63.0 Å². The fourth-order valence-electron chi connectivity index (χ4n) is 2.05. The molecule has 94 valence electrons. The Bertz CT molecular complexity index is 709. The molecular formula is C15H9FINO. The number of anilines is 1. The van der Waals surface area contributed by atoms with Crippen LogP contribution in [-0.4, -0.2) is 5.91 Å². The molecule has 0 spiro atoms. The Kier molecular flexibility index (Phi) is 3.10. The molecule has 0 atom stereocenters. The van der Waals surface area contributed by atoms with E-state index in [1.54, 1.807) is 24.3 Å². The molecule has 1 aliphatic rings. The molecular weight excluding hydrogens is 356 g/mol. The summed E-state index contributed by atoms with van der Waals surface area (Å²) in [6.45, 7) is 0. The highest BCUT2D eigenvalue weighted by Crippen LogP contribution is 2.34. The van der Waals surface area contributed by atoms with E-state index in [0.717, 1.165) is 14.8 Å². The molecule has 0 saturated carbocycles. The lowest BCUT2D eigenvalue weighted by molar-refractivity contribution is -0.110. The van der Waals surface area contributed by atoms with Gasteiger partial charge in [-0.2, -0.15) is 0 Å². The molecule has 0 radical (unpaired) electrons. The summed E-state index contributed by atoms with van der Waals surface area (Å²) < 4.78 is 14.7. The van der Waals surface area contributed by atoms with Gasteiger partial charge in [0.1, 0.15) is 5.82 Å². The summed E-state index contributed by atoms with van der Waals surface area (Å²) in [6, 6.07) is 12.1. The molecule has 1 amide bonds. The lowest BCUT2D eigenvalue weighted by Crippen LogP contribution is -2.03. The smallest absolute Gasteiger partial charge is 0.256 e. The van der Waals surface area contributed by atoms with Gasteiger partial charge in [0, 0.05) is 26.0 Å². The zero-order valence-electron chi connectivity index (χ0n) is 9.78. The summed E-state index contributed by atoms with van der Waals surface area (Å²) in [5.41, 5.74) is 2.51. The average molecular weight is 365 g/mol. The Morgan fingerprint density at radius 1 is 1.16 bits per heavy atom. The van der Waals surface area contributed by atoms with Crippen molar-refractivity contribution in [2.75, 3.05) is 5.32 Å². The van der Waals surface area contributed by atoms with Gasteiger partial charge in [0.15, 0.2) is 0 Å². The van der Waals surface area contributed by atoms with Gasteiger partial charge in [-0.1, -0.05) is 18.2 Å². The lowest BCUT2D eigenvalue weighted by Gasteiger charge is -2.00. The van der Waals surface area contributed by atoms with Crippen LogP contribution < -0.4 is 5.32 Å². The predicted molar refractivity (Wildman–Crippen MR) is 82.1 cm³/mol. The average Bonchev–Trinajstić information content (AvgIpc) is 2.69. The van der Waals surface area contributed by atoms with Gasteiger partial charge < -0.3 is 5.32 Å². The van der Waals surface area contributed by atoms with Gasteiger partial charge in [0.25, 0.3) is 5.91 Å². The van der Waals surface area contributed by atoms with Gasteiger partial charge in [0.2, 0.25) is 0 Å². The quantitative estimate of drug-likeness (QED) is 0.602. The number of amides is 1. The molecule has 0 aliphatic carbocycles. The van der Waals surface area contributed by atoms with Crippen molar-refractivity contribution < 1.29 is 9.18 Å². The van der Waals surface area contributed by atoms with Crippen LogP contribution in [0.4, 0.5) is 10.1 Å². The molecule has 4 heteroatoms. The van der Waals surface area contributed by atoms with Gasteiger partial charge in [-0.25, -0.2) is 4.39 Å². The first-order chi connectivity index (χ1) is 9.15. The van der Waals surface area contributed by atoms with Crippen molar-refractivity contribution in [1.82, 2.24) is 0 Å². The maximum atomic E-state index is 13.6. The van der Waals surface area contributed by atoms with E-state index in [2.05, 4.69) is 27.9 Å². The van der Waals surface area contributed by atoms with Gasteiger partial charge >= 0.3 is 0 Å². The second kappa shape index (κ2) is 4.77. The fourth-order valence-corrected chi connectivity index (χ4v) is 2.54. The van der Waals surface area contributed by atoms with Gasteiger partial charge in [-0.15, -0.1) is 0 Å². The van der Waals surface area contributed by atoms with E-state index in [9.17, 15) is 9.18 Å². The van der Waals surface area contributed by atoms with Gasteiger partial charge in [-0.05, 0) is 52.9 Å². The highest BCUT2D eigenvalue weighted by atomic mass is 127. The Morgan fingerprint density at radius 3 is 2.74 bits per heavy atom. The summed E-state index contributed by atoms with van der Waals surface area (Å²) >= 11 is 2.19. The van der Waals surface area contributed by atoms with Crippen molar-refractivity contribution in [3.63, 3.8) is 0 Å². The Balaban J connectivity index is 2.14. The molecule has 3 rings (SSSR count). The van der Waals surface area contributed by atoms with E-state index >= 15 is 0 Å². The largest absolute Gasteiger partial charge is 0.321 e. The monoisotopic (exact) mass is 365 g/mol. The molecule has 0 saturated heterocycles. The van der Waals surface area contributed by atoms with E-state index in [0.29, 0.717) is 11.1 Å². The molecule has 2 aromatic rings. The molecule has 0 aromatic heterocycles. The molecule has 1 N–H and O–H groups in total. The molecule has 19 heavy (non-hydrogen) atoms. The lowest BCUT2D eigenvalue weighted by atomic mass is 10.0. The summed E-state index contributed by atoms with van der Waals surface area (Å²) in [6.07, 6.45) is 1.59. The summed E-state index contributed by atoms with van der Waals surface area (Å²) in [5.74, 6) is -0.526. The van der Waals surface area contributed by atoms with Crippen molar-refractivity contribution in [2.24, 2.45) is 0 Å². The molecule has 0 unspecified atom stereocenters. The molecule has 2 nitrogen and oxygen atoms in total. The minimum absolute atomic E-state index is 0.194. The second-order valence-electron chi connectivity index (χ2n) is 4.22. The number of hydrogen-bond acceptors (Lipinski definition) is 1. The third-order valence-corrected chi connectivity index (χ3v) is 3.64. The number of carbonyl (C=O) groups is 1. The van der Waals surface area contributed by atoms with Crippen LogP contribution in [0, 0.1) is 9.39 Å². The van der Waals surface area contributed by atoms with Crippen LogP contribution in [0.25, 0.3) is 11.6 Å². The number of fused-ring (bicyclic) bond motifs is 1. The molecule has 2 aromatic carbocycles. The Morgan fingerprint density at radius 2 is 1.95 bits per heavy atom. The molecule has 1 aliphatic heterocycles. The van der Waals surface area contributed by atoms with Crippen LogP contribution >= 0.6 is 22.6 Å². The van der Waals surface area contributed by atoms with Crippen molar-refractivity contribution >= 4 is 45.8 Å². The number of nitrogens with one attached hydrogen (secondary N) is 1. The Hall–Kier alpha value is -1.69. The van der Waals surface area contributed by atoms with Gasteiger partial charge in [-0.3, -0.25) is 4.79 Å². The molecule has 1 heterocycles. The third kappa shape index (κ3) is 2.28. The van der Waals surface area contributed by atoms with Crippen LogP contribution in [0.3, 0.4) is 0 Å². The zero-order chi connectivity index (χ0) is 13.4. The summed E-state index contributed by atoms with van der Waals surface area (Å²) in [7, 11) is 0. The van der Waals surface area contributed by atoms with Crippen LogP contribution in [0.1, 0.15) is 11.1 Å². The fraction of sp³-hybridized carbons (Fsp3) is 0. The van der Waals surface area contributed by atoms with Crippen LogP contribution in [0.5, 0.6) is 0 Å². The first kappa shape index (κ1) is 12.3. The number of carbonyl (C=O) groups excluding carboxylic acids is 1. The number of hydrogen-bond donors (Lipinski definition) is 1. The molecule has 0 fully saturated rings.